The van der Waals surface area contributed by atoms with Crippen molar-refractivity contribution in [1.82, 2.24) is 0 Å². The van der Waals surface area contributed by atoms with Gasteiger partial charge in [0.05, 0.1) is 0 Å². The van der Waals surface area contributed by atoms with Crippen LogP contribution in [0, 0.1) is 10.1 Å². The average Bonchev–Trinajstić information content (AvgIpc) is 3.21. The standard InChI is InChI=1S/C13H10NO2.C5H5.Fe/c15-14(16)13(10-11-6-4-5-7-11)12-8-2-1-3-9-12;1-2-4-5-3-1;/h1-10H;1-5H;/q2*-1;. The zero-order valence-electron chi connectivity index (χ0n) is 11.8. The van der Waals surface area contributed by atoms with Gasteiger partial charge in [0.1, 0.15) is 0 Å². The van der Waals surface area contributed by atoms with Crippen molar-refractivity contribution in [1.29, 1.82) is 0 Å². The molecule has 0 amide bonds. The predicted molar refractivity (Wildman–Crippen MR) is 85.4 cm³/mol. The number of nitrogens with zero attached hydrogens (tertiary/aromatic N) is 1. The van der Waals surface area contributed by atoms with E-state index in [9.17, 15) is 10.1 Å². The third-order valence-corrected chi connectivity index (χ3v) is 2.81. The summed E-state index contributed by atoms with van der Waals surface area (Å²) < 4.78 is 0. The number of benzene rings is 1. The molecule has 3 nitrogen and oxygen atoms in total. The second kappa shape index (κ2) is 9.50. The second-order valence-corrected chi connectivity index (χ2v) is 4.33. The summed E-state index contributed by atoms with van der Waals surface area (Å²) in [4.78, 5) is 10.6. The van der Waals surface area contributed by atoms with Gasteiger partial charge in [0.25, 0.3) is 0 Å². The Morgan fingerprint density at radius 3 is 2.05 bits per heavy atom. The molecule has 0 saturated heterocycles. The van der Waals surface area contributed by atoms with Crippen LogP contribution in [0.3, 0.4) is 0 Å². The minimum atomic E-state index is -0.359. The van der Waals surface area contributed by atoms with Crippen LogP contribution in [0.5, 0.6) is 0 Å². The van der Waals surface area contributed by atoms with Crippen LogP contribution in [0.2, 0.25) is 0 Å². The van der Waals surface area contributed by atoms with Crippen molar-refractivity contribution < 1.29 is 22.0 Å². The molecule has 3 aromatic rings. The van der Waals surface area contributed by atoms with Crippen LogP contribution in [0.4, 0.5) is 0 Å². The molecule has 0 saturated carbocycles. The van der Waals surface area contributed by atoms with Gasteiger partial charge in [-0.15, -0.1) is 17.7 Å². The van der Waals surface area contributed by atoms with Crippen molar-refractivity contribution in [3.05, 3.63) is 106 Å². The third kappa shape index (κ3) is 5.52. The zero-order chi connectivity index (χ0) is 14.9. The van der Waals surface area contributed by atoms with Gasteiger partial charge < -0.3 is 0 Å². The first-order valence-corrected chi connectivity index (χ1v) is 6.57. The smallest absolute Gasteiger partial charge is 0.207 e. The molecule has 0 aliphatic carbocycles. The summed E-state index contributed by atoms with van der Waals surface area (Å²) in [5.41, 5.74) is 1.58. The molecule has 0 aromatic heterocycles. The summed E-state index contributed by atoms with van der Waals surface area (Å²) in [6.07, 6.45) is 1.58. The van der Waals surface area contributed by atoms with Crippen molar-refractivity contribution in [3.63, 3.8) is 0 Å². The van der Waals surface area contributed by atoms with E-state index >= 15 is 0 Å². The molecular formula is C18H15FeNO2-2. The molecule has 0 spiro atoms. The van der Waals surface area contributed by atoms with E-state index in [2.05, 4.69) is 0 Å². The Morgan fingerprint density at radius 2 is 1.59 bits per heavy atom. The summed E-state index contributed by atoms with van der Waals surface area (Å²) in [5, 5.41) is 11.0. The van der Waals surface area contributed by atoms with E-state index in [0.717, 1.165) is 5.56 Å². The van der Waals surface area contributed by atoms with Crippen molar-refractivity contribution in [2.75, 3.05) is 0 Å². The molecule has 0 fully saturated rings. The van der Waals surface area contributed by atoms with Crippen molar-refractivity contribution in [2.45, 2.75) is 0 Å². The van der Waals surface area contributed by atoms with E-state index in [0.29, 0.717) is 5.56 Å². The van der Waals surface area contributed by atoms with E-state index in [1.807, 2.05) is 60.7 Å². The Bertz CT molecular complexity index is 654. The molecule has 0 radical (unpaired) electrons. The SMILES string of the molecule is O=[N+]([O-])C(=C[c-]1cccc1)c1ccccc1.[Fe].c1cc[cH-]c1. The first-order valence-electron chi connectivity index (χ1n) is 6.57. The Kier molecular flexibility index (Phi) is 7.62. The van der Waals surface area contributed by atoms with Gasteiger partial charge >= 0.3 is 0 Å². The van der Waals surface area contributed by atoms with Gasteiger partial charge in [-0.05, 0) is 0 Å². The fourth-order valence-corrected chi connectivity index (χ4v) is 1.81. The van der Waals surface area contributed by atoms with Crippen molar-refractivity contribution >= 4 is 11.8 Å². The van der Waals surface area contributed by atoms with Crippen LogP contribution in [0.15, 0.2) is 84.9 Å². The molecule has 0 atom stereocenters. The van der Waals surface area contributed by atoms with Gasteiger partial charge in [0.15, 0.2) is 0 Å². The maximum Gasteiger partial charge on any atom is 0.207 e. The molecular weight excluding hydrogens is 318 g/mol. The van der Waals surface area contributed by atoms with Crippen LogP contribution < -0.4 is 0 Å². The summed E-state index contributed by atoms with van der Waals surface area (Å²) in [6, 6.07) is 26.3. The van der Waals surface area contributed by atoms with E-state index in [-0.39, 0.29) is 27.7 Å². The molecule has 0 aliphatic heterocycles. The Morgan fingerprint density at radius 1 is 1.00 bits per heavy atom. The van der Waals surface area contributed by atoms with Gasteiger partial charge in [-0.3, -0.25) is 10.1 Å². The fraction of sp³-hybridized carbons (Fsp3) is 0. The van der Waals surface area contributed by atoms with Gasteiger partial charge in [0.2, 0.25) is 5.70 Å². The Labute approximate surface area is 140 Å². The third-order valence-electron chi connectivity index (χ3n) is 2.81. The Hall–Kier alpha value is -2.42. The van der Waals surface area contributed by atoms with Gasteiger partial charge in [-0.1, -0.05) is 36.4 Å². The molecule has 3 rings (SSSR count). The van der Waals surface area contributed by atoms with Crippen molar-refractivity contribution in [2.24, 2.45) is 0 Å². The first-order chi connectivity index (χ1) is 10.3. The summed E-state index contributed by atoms with van der Waals surface area (Å²) in [7, 11) is 0. The van der Waals surface area contributed by atoms with Crippen LogP contribution in [0.1, 0.15) is 11.1 Å². The quantitative estimate of drug-likeness (QED) is 0.305. The summed E-state index contributed by atoms with van der Waals surface area (Å²) in [5.74, 6) is 0. The Balaban J connectivity index is 0.000000344. The molecule has 114 valence electrons. The van der Waals surface area contributed by atoms with Crippen LogP contribution in [-0.4, -0.2) is 4.92 Å². The van der Waals surface area contributed by atoms with Crippen LogP contribution in [-0.2, 0) is 17.1 Å². The van der Waals surface area contributed by atoms with Gasteiger partial charge in [-0.2, -0.15) is 30.3 Å². The zero-order valence-corrected chi connectivity index (χ0v) is 12.9. The molecule has 0 unspecified atom stereocenters. The van der Waals surface area contributed by atoms with E-state index < -0.39 is 0 Å². The minimum Gasteiger partial charge on any atom is -0.267 e. The predicted octanol–water partition coefficient (Wildman–Crippen LogP) is 4.58. The number of nitro groups is 1. The van der Waals surface area contributed by atoms with Gasteiger partial charge in [0, 0.05) is 27.6 Å². The molecule has 0 N–H and O–H groups in total. The maximum absolute atomic E-state index is 11.0. The normalized spacial score (nSPS) is 10.1. The number of hydrogen-bond acceptors (Lipinski definition) is 2. The maximum atomic E-state index is 11.0. The summed E-state index contributed by atoms with van der Waals surface area (Å²) >= 11 is 0. The largest absolute Gasteiger partial charge is 0.267 e. The van der Waals surface area contributed by atoms with E-state index in [1.165, 1.54) is 0 Å². The van der Waals surface area contributed by atoms with Crippen LogP contribution >= 0.6 is 0 Å². The summed E-state index contributed by atoms with van der Waals surface area (Å²) in [6.45, 7) is 0. The fourth-order valence-electron chi connectivity index (χ4n) is 1.81. The molecule has 22 heavy (non-hydrogen) atoms. The van der Waals surface area contributed by atoms with E-state index in [4.69, 9.17) is 0 Å². The van der Waals surface area contributed by atoms with E-state index in [1.54, 1.807) is 30.3 Å². The average molecular weight is 333 g/mol. The molecule has 0 heterocycles. The van der Waals surface area contributed by atoms with Gasteiger partial charge in [-0.25, -0.2) is 12.1 Å². The topological polar surface area (TPSA) is 43.1 Å². The molecule has 3 aromatic carbocycles. The minimum absolute atomic E-state index is 0. The molecule has 0 aliphatic rings. The second-order valence-electron chi connectivity index (χ2n) is 4.33. The first kappa shape index (κ1) is 17.6. The van der Waals surface area contributed by atoms with Crippen LogP contribution in [0.25, 0.3) is 11.8 Å². The van der Waals surface area contributed by atoms with Crippen molar-refractivity contribution in [3.8, 4) is 0 Å². The molecule has 4 heteroatoms. The molecule has 0 bridgehead atoms. The monoisotopic (exact) mass is 333 g/mol. The number of rotatable bonds is 3. The number of hydrogen-bond donors (Lipinski definition) is 0.